The molecule has 0 spiro atoms. The average Bonchev–Trinajstić information content (AvgIpc) is 2.75. The van der Waals surface area contributed by atoms with Gasteiger partial charge in [0, 0.05) is 35.8 Å². The quantitative estimate of drug-likeness (QED) is 0.540. The van der Waals surface area contributed by atoms with Crippen molar-refractivity contribution in [3.63, 3.8) is 0 Å². The summed E-state index contributed by atoms with van der Waals surface area (Å²) in [5, 5.41) is 6.21. The lowest BCUT2D eigenvalue weighted by molar-refractivity contribution is 0.186. The molecule has 0 saturated heterocycles. The van der Waals surface area contributed by atoms with Gasteiger partial charge in [-0.2, -0.15) is 0 Å². The van der Waals surface area contributed by atoms with Gasteiger partial charge in [0.2, 0.25) is 5.88 Å². The Morgan fingerprint density at radius 3 is 2.57 bits per heavy atom. The molecule has 3 unspecified atom stereocenters. The Balaban J connectivity index is 1.59. The molecule has 1 aliphatic rings. The largest absolute Gasteiger partial charge is 0.481 e. The third kappa shape index (κ3) is 4.28. The van der Waals surface area contributed by atoms with Gasteiger partial charge in [-0.25, -0.2) is 9.97 Å². The van der Waals surface area contributed by atoms with Crippen molar-refractivity contribution in [3.05, 3.63) is 59.9 Å². The molecule has 30 heavy (non-hydrogen) atoms. The molecule has 1 N–H and O–H groups in total. The molecule has 0 amide bonds. The van der Waals surface area contributed by atoms with E-state index in [4.69, 9.17) is 9.72 Å². The van der Waals surface area contributed by atoms with Crippen LogP contribution in [0.3, 0.4) is 0 Å². The number of anilines is 1. The molecule has 0 bridgehead atoms. The van der Waals surface area contributed by atoms with Crippen LogP contribution in [0.1, 0.15) is 51.2 Å². The maximum absolute atomic E-state index is 5.45. The first-order valence-electron chi connectivity index (χ1n) is 11.2. The standard InChI is InChI=1S/C26H33N3O/c1-17(2)22-12-11-21(14-18(22)3)29-25-24-10-6-5-9-23(24)20(16-28-25)15-19-8-7-13-27-26(19)30-4/h5-10,13,16-18,21-22H,11-12,14-15H2,1-4H3,(H,28,29). The second-order valence-electron chi connectivity index (χ2n) is 9.07. The molecule has 2 aromatic heterocycles. The van der Waals surface area contributed by atoms with Gasteiger partial charge in [0.15, 0.2) is 0 Å². The summed E-state index contributed by atoms with van der Waals surface area (Å²) in [7, 11) is 1.67. The van der Waals surface area contributed by atoms with Crippen LogP contribution in [0.2, 0.25) is 0 Å². The lowest BCUT2D eigenvalue weighted by Crippen LogP contribution is -2.33. The number of aromatic nitrogens is 2. The number of fused-ring (bicyclic) bond motifs is 1. The summed E-state index contributed by atoms with van der Waals surface area (Å²) in [6.07, 6.45) is 8.26. The van der Waals surface area contributed by atoms with E-state index in [0.29, 0.717) is 11.9 Å². The Morgan fingerprint density at radius 2 is 1.83 bits per heavy atom. The van der Waals surface area contributed by atoms with Crippen molar-refractivity contribution in [2.75, 3.05) is 12.4 Å². The topological polar surface area (TPSA) is 47.0 Å². The smallest absolute Gasteiger partial charge is 0.216 e. The molecular formula is C26H33N3O. The Morgan fingerprint density at radius 1 is 1.03 bits per heavy atom. The van der Waals surface area contributed by atoms with Crippen LogP contribution in [0, 0.1) is 17.8 Å². The number of nitrogens with zero attached hydrogens (tertiary/aromatic N) is 2. The fourth-order valence-electron chi connectivity index (χ4n) is 5.19. The molecule has 1 saturated carbocycles. The first-order chi connectivity index (χ1) is 14.6. The number of hydrogen-bond donors (Lipinski definition) is 1. The predicted molar refractivity (Wildman–Crippen MR) is 124 cm³/mol. The molecular weight excluding hydrogens is 370 g/mol. The summed E-state index contributed by atoms with van der Waals surface area (Å²) in [5.74, 6) is 4.04. The van der Waals surface area contributed by atoms with Crippen LogP contribution in [0.5, 0.6) is 5.88 Å². The molecule has 1 fully saturated rings. The molecule has 1 aromatic carbocycles. The van der Waals surface area contributed by atoms with E-state index in [0.717, 1.165) is 35.6 Å². The van der Waals surface area contributed by atoms with Crippen molar-refractivity contribution in [1.29, 1.82) is 0 Å². The predicted octanol–water partition coefficient (Wildman–Crippen LogP) is 6.10. The highest BCUT2D eigenvalue weighted by Gasteiger charge is 2.29. The first-order valence-corrected chi connectivity index (χ1v) is 11.2. The summed E-state index contributed by atoms with van der Waals surface area (Å²) in [6.45, 7) is 7.13. The minimum Gasteiger partial charge on any atom is -0.481 e. The maximum atomic E-state index is 5.45. The van der Waals surface area contributed by atoms with Crippen molar-refractivity contribution in [3.8, 4) is 5.88 Å². The van der Waals surface area contributed by atoms with Crippen LogP contribution in [-0.2, 0) is 6.42 Å². The second kappa shape index (κ2) is 9.03. The molecule has 4 nitrogen and oxygen atoms in total. The van der Waals surface area contributed by atoms with Gasteiger partial charge in [-0.15, -0.1) is 0 Å². The van der Waals surface area contributed by atoms with Crippen LogP contribution < -0.4 is 10.1 Å². The van der Waals surface area contributed by atoms with E-state index in [1.54, 1.807) is 13.3 Å². The maximum Gasteiger partial charge on any atom is 0.216 e. The first kappa shape index (κ1) is 20.6. The third-order valence-corrected chi connectivity index (χ3v) is 6.73. The van der Waals surface area contributed by atoms with Crippen LogP contribution in [0.15, 0.2) is 48.8 Å². The van der Waals surface area contributed by atoms with E-state index < -0.39 is 0 Å². The van der Waals surface area contributed by atoms with Crippen molar-refractivity contribution >= 4 is 16.6 Å². The molecule has 0 aliphatic heterocycles. The van der Waals surface area contributed by atoms with Gasteiger partial charge in [0.05, 0.1) is 7.11 Å². The van der Waals surface area contributed by atoms with Gasteiger partial charge in [-0.05, 0) is 54.0 Å². The van der Waals surface area contributed by atoms with Crippen LogP contribution >= 0.6 is 0 Å². The molecule has 2 heterocycles. The third-order valence-electron chi connectivity index (χ3n) is 6.73. The summed E-state index contributed by atoms with van der Waals surface area (Å²) in [6, 6.07) is 13.1. The molecule has 1 aliphatic carbocycles. The van der Waals surface area contributed by atoms with E-state index in [1.807, 2.05) is 12.3 Å². The molecule has 4 rings (SSSR count). The zero-order valence-corrected chi connectivity index (χ0v) is 18.6. The highest BCUT2D eigenvalue weighted by Crippen LogP contribution is 2.37. The zero-order chi connectivity index (χ0) is 21.1. The van der Waals surface area contributed by atoms with Gasteiger partial charge in [0.25, 0.3) is 0 Å². The van der Waals surface area contributed by atoms with Crippen molar-refractivity contribution in [1.82, 2.24) is 9.97 Å². The number of methoxy groups -OCH3 is 1. The molecule has 4 heteroatoms. The van der Waals surface area contributed by atoms with Gasteiger partial charge >= 0.3 is 0 Å². The Bertz CT molecular complexity index is 1000. The van der Waals surface area contributed by atoms with Gasteiger partial charge in [0.1, 0.15) is 5.82 Å². The van der Waals surface area contributed by atoms with E-state index in [-0.39, 0.29) is 0 Å². The Hall–Kier alpha value is -2.62. The average molecular weight is 404 g/mol. The second-order valence-corrected chi connectivity index (χ2v) is 9.07. The Labute approximate surface area is 180 Å². The fraction of sp³-hybridized carbons (Fsp3) is 0.462. The Kier molecular flexibility index (Phi) is 6.21. The summed E-state index contributed by atoms with van der Waals surface area (Å²) < 4.78 is 5.45. The number of benzene rings is 1. The lowest BCUT2D eigenvalue weighted by atomic mass is 9.73. The summed E-state index contributed by atoms with van der Waals surface area (Å²) in [5.41, 5.74) is 2.27. The fourth-order valence-corrected chi connectivity index (χ4v) is 5.19. The number of nitrogens with one attached hydrogen (secondary N) is 1. The number of pyridine rings is 2. The van der Waals surface area contributed by atoms with Crippen LogP contribution in [0.25, 0.3) is 10.8 Å². The van der Waals surface area contributed by atoms with Crippen molar-refractivity contribution < 1.29 is 4.74 Å². The van der Waals surface area contributed by atoms with E-state index >= 15 is 0 Å². The summed E-state index contributed by atoms with van der Waals surface area (Å²) in [4.78, 5) is 9.20. The summed E-state index contributed by atoms with van der Waals surface area (Å²) >= 11 is 0. The van der Waals surface area contributed by atoms with E-state index in [2.05, 4.69) is 61.4 Å². The van der Waals surface area contributed by atoms with Gasteiger partial charge in [-0.3, -0.25) is 0 Å². The monoisotopic (exact) mass is 403 g/mol. The minimum absolute atomic E-state index is 0.496. The lowest BCUT2D eigenvalue weighted by Gasteiger charge is -2.37. The van der Waals surface area contributed by atoms with Gasteiger partial charge in [-0.1, -0.05) is 51.1 Å². The minimum atomic E-state index is 0.496. The molecule has 3 aromatic rings. The van der Waals surface area contributed by atoms with E-state index in [1.165, 1.54) is 35.6 Å². The highest BCUT2D eigenvalue weighted by atomic mass is 16.5. The van der Waals surface area contributed by atoms with Crippen LogP contribution in [0.4, 0.5) is 5.82 Å². The van der Waals surface area contributed by atoms with Crippen molar-refractivity contribution in [2.24, 2.45) is 17.8 Å². The van der Waals surface area contributed by atoms with Crippen molar-refractivity contribution in [2.45, 2.75) is 52.5 Å². The molecule has 0 radical (unpaired) electrons. The normalized spacial score (nSPS) is 21.7. The zero-order valence-electron chi connectivity index (χ0n) is 18.6. The van der Waals surface area contributed by atoms with Crippen LogP contribution in [-0.4, -0.2) is 23.1 Å². The SMILES string of the molecule is COc1ncccc1Cc1cnc(NC2CCC(C(C)C)C(C)C2)c2ccccc12. The van der Waals surface area contributed by atoms with Gasteiger partial charge < -0.3 is 10.1 Å². The highest BCUT2D eigenvalue weighted by molar-refractivity contribution is 5.94. The number of rotatable bonds is 6. The number of ether oxygens (including phenoxy) is 1. The number of hydrogen-bond acceptors (Lipinski definition) is 4. The molecule has 3 atom stereocenters. The molecule has 158 valence electrons. The van der Waals surface area contributed by atoms with E-state index in [9.17, 15) is 0 Å².